The fourth-order valence-corrected chi connectivity index (χ4v) is 4.69. The van der Waals surface area contributed by atoms with Crippen LogP contribution in [-0.2, 0) is 6.42 Å². The smallest absolute Gasteiger partial charge is 0.0926 e. The highest BCUT2D eigenvalue weighted by molar-refractivity contribution is 5.83. The minimum atomic E-state index is -0.543. The highest BCUT2D eigenvalue weighted by Gasteiger charge is 2.43. The van der Waals surface area contributed by atoms with Crippen molar-refractivity contribution in [2.45, 2.75) is 50.2 Å². The predicted octanol–water partition coefficient (Wildman–Crippen LogP) is 2.68. The normalized spacial score (nSPS) is 28.1. The number of H-pyrrole nitrogens is 1. The highest BCUT2D eigenvalue weighted by atomic mass is 16.3. The first kappa shape index (κ1) is 16.1. The molecule has 0 radical (unpaired) electrons. The molecular formula is C20H29N3O. The second-order valence-electron chi connectivity index (χ2n) is 7.54. The van der Waals surface area contributed by atoms with E-state index in [1.54, 1.807) is 0 Å². The molecule has 4 rings (SSSR count). The summed E-state index contributed by atoms with van der Waals surface area (Å²) in [5.74, 6) is 0. The molecule has 2 aromatic rings. The quantitative estimate of drug-likeness (QED) is 0.740. The zero-order valence-corrected chi connectivity index (χ0v) is 14.4. The summed E-state index contributed by atoms with van der Waals surface area (Å²) in [6.45, 7) is 3.97. The number of benzene rings is 1. The third-order valence-corrected chi connectivity index (χ3v) is 5.97. The summed E-state index contributed by atoms with van der Waals surface area (Å²) >= 11 is 0. The summed E-state index contributed by atoms with van der Waals surface area (Å²) < 4.78 is 0. The Kier molecular flexibility index (Phi) is 4.61. The van der Waals surface area contributed by atoms with E-state index in [1.807, 2.05) is 0 Å². The van der Waals surface area contributed by atoms with Gasteiger partial charge in [0.05, 0.1) is 5.60 Å². The molecule has 4 nitrogen and oxygen atoms in total. The van der Waals surface area contributed by atoms with Crippen LogP contribution in [0.1, 0.15) is 37.7 Å². The van der Waals surface area contributed by atoms with Crippen molar-refractivity contribution < 1.29 is 5.11 Å². The standard InChI is InChI=1S/C20H29N3O/c24-20(10-5-13-23-12-4-3-8-19(20)23)15-21-11-9-16-14-22-18-7-2-1-6-17(16)18/h1-2,6-7,14,19,21-22,24H,3-5,8-13,15H2/t19-,20-/m1/s1. The Morgan fingerprint density at radius 1 is 1.21 bits per heavy atom. The maximum Gasteiger partial charge on any atom is 0.0926 e. The van der Waals surface area contributed by atoms with E-state index < -0.39 is 5.60 Å². The molecule has 3 N–H and O–H groups in total. The number of hydrogen-bond acceptors (Lipinski definition) is 3. The molecule has 0 spiro atoms. The second-order valence-corrected chi connectivity index (χ2v) is 7.54. The zero-order valence-electron chi connectivity index (χ0n) is 14.4. The van der Waals surface area contributed by atoms with E-state index in [4.69, 9.17) is 0 Å². The van der Waals surface area contributed by atoms with Crippen molar-refractivity contribution in [3.05, 3.63) is 36.0 Å². The van der Waals surface area contributed by atoms with Gasteiger partial charge in [-0.15, -0.1) is 0 Å². The topological polar surface area (TPSA) is 51.3 Å². The maximum atomic E-state index is 11.2. The van der Waals surface area contributed by atoms with Gasteiger partial charge < -0.3 is 15.4 Å². The largest absolute Gasteiger partial charge is 0.387 e. The summed E-state index contributed by atoms with van der Waals surface area (Å²) in [6.07, 6.45) is 8.88. The molecule has 130 valence electrons. The van der Waals surface area contributed by atoms with Gasteiger partial charge in [-0.2, -0.15) is 0 Å². The summed E-state index contributed by atoms with van der Waals surface area (Å²) in [5, 5.41) is 16.0. The molecule has 3 heterocycles. The number of aromatic amines is 1. The number of fused-ring (bicyclic) bond motifs is 2. The predicted molar refractivity (Wildman–Crippen MR) is 98.3 cm³/mol. The number of aliphatic hydroxyl groups is 1. The van der Waals surface area contributed by atoms with Crippen molar-refractivity contribution in [1.29, 1.82) is 0 Å². The van der Waals surface area contributed by atoms with Gasteiger partial charge in [0.25, 0.3) is 0 Å². The minimum absolute atomic E-state index is 0.362. The number of piperidine rings is 2. The van der Waals surface area contributed by atoms with Gasteiger partial charge in [0.2, 0.25) is 0 Å². The fourth-order valence-electron chi connectivity index (χ4n) is 4.69. The number of aromatic nitrogens is 1. The number of nitrogens with zero attached hydrogens (tertiary/aromatic N) is 1. The molecule has 1 aromatic carbocycles. The molecule has 2 atom stereocenters. The first-order chi connectivity index (χ1) is 11.8. The average molecular weight is 327 g/mol. The first-order valence-electron chi connectivity index (χ1n) is 9.48. The molecule has 1 aromatic heterocycles. The molecule has 4 heteroatoms. The van der Waals surface area contributed by atoms with Crippen LogP contribution < -0.4 is 5.32 Å². The molecule has 0 aliphatic carbocycles. The van der Waals surface area contributed by atoms with Gasteiger partial charge in [0.1, 0.15) is 0 Å². The highest BCUT2D eigenvalue weighted by Crippen LogP contribution is 2.33. The first-order valence-corrected chi connectivity index (χ1v) is 9.48. The van der Waals surface area contributed by atoms with Crippen LogP contribution in [0, 0.1) is 0 Å². The fraction of sp³-hybridized carbons (Fsp3) is 0.600. The Morgan fingerprint density at radius 3 is 3.04 bits per heavy atom. The van der Waals surface area contributed by atoms with Gasteiger partial charge in [0.15, 0.2) is 0 Å². The van der Waals surface area contributed by atoms with E-state index in [2.05, 4.69) is 45.7 Å². The molecule has 24 heavy (non-hydrogen) atoms. The van der Waals surface area contributed by atoms with Gasteiger partial charge in [0, 0.05) is 29.7 Å². The molecule has 2 saturated heterocycles. The maximum absolute atomic E-state index is 11.2. The van der Waals surface area contributed by atoms with Crippen LogP contribution in [0.2, 0.25) is 0 Å². The van der Waals surface area contributed by atoms with Crippen LogP contribution in [0.25, 0.3) is 10.9 Å². The van der Waals surface area contributed by atoms with Crippen LogP contribution in [0.5, 0.6) is 0 Å². The number of para-hydroxylation sites is 1. The van der Waals surface area contributed by atoms with Crippen molar-refractivity contribution >= 4 is 10.9 Å². The van der Waals surface area contributed by atoms with E-state index in [0.29, 0.717) is 6.04 Å². The SMILES string of the molecule is O[C@@]1(CNCCc2c[nH]c3ccccc23)CCCN2CCCC[C@@H]21. The van der Waals surface area contributed by atoms with E-state index in [-0.39, 0.29) is 0 Å². The molecule has 2 aliphatic heterocycles. The second kappa shape index (κ2) is 6.87. The Bertz CT molecular complexity index is 680. The van der Waals surface area contributed by atoms with E-state index >= 15 is 0 Å². The van der Waals surface area contributed by atoms with Crippen LogP contribution in [0.4, 0.5) is 0 Å². The zero-order chi connectivity index (χ0) is 16.4. The lowest BCUT2D eigenvalue weighted by Crippen LogP contribution is -2.62. The summed E-state index contributed by atoms with van der Waals surface area (Å²) in [6, 6.07) is 8.82. The third kappa shape index (κ3) is 3.10. The number of rotatable bonds is 5. The van der Waals surface area contributed by atoms with Gasteiger partial charge in [-0.05, 0) is 63.4 Å². The molecular weight excluding hydrogens is 298 g/mol. The average Bonchev–Trinajstić information content (AvgIpc) is 3.03. The van der Waals surface area contributed by atoms with Gasteiger partial charge in [-0.3, -0.25) is 4.90 Å². The van der Waals surface area contributed by atoms with Crippen LogP contribution in [-0.4, -0.2) is 52.8 Å². The Labute approximate surface area is 144 Å². The van der Waals surface area contributed by atoms with Crippen LogP contribution in [0.15, 0.2) is 30.5 Å². The van der Waals surface area contributed by atoms with Crippen LogP contribution >= 0.6 is 0 Å². The molecule has 0 bridgehead atoms. The van der Waals surface area contributed by atoms with Crippen molar-refractivity contribution in [3.63, 3.8) is 0 Å². The van der Waals surface area contributed by atoms with Crippen molar-refractivity contribution in [3.8, 4) is 0 Å². The molecule has 0 amide bonds. The van der Waals surface area contributed by atoms with Crippen LogP contribution in [0.3, 0.4) is 0 Å². The molecule has 0 unspecified atom stereocenters. The van der Waals surface area contributed by atoms with Crippen molar-refractivity contribution in [2.24, 2.45) is 0 Å². The van der Waals surface area contributed by atoms with E-state index in [0.717, 1.165) is 38.8 Å². The summed E-state index contributed by atoms with van der Waals surface area (Å²) in [7, 11) is 0. The van der Waals surface area contributed by atoms with Crippen molar-refractivity contribution in [2.75, 3.05) is 26.2 Å². The monoisotopic (exact) mass is 327 g/mol. The number of nitrogens with one attached hydrogen (secondary N) is 2. The minimum Gasteiger partial charge on any atom is -0.387 e. The lowest BCUT2D eigenvalue weighted by Gasteiger charge is -2.49. The Balaban J connectivity index is 1.33. The van der Waals surface area contributed by atoms with Crippen molar-refractivity contribution in [1.82, 2.24) is 15.2 Å². The summed E-state index contributed by atoms with van der Waals surface area (Å²) in [4.78, 5) is 5.86. The summed E-state index contributed by atoms with van der Waals surface area (Å²) in [5.41, 5.74) is 2.02. The lowest BCUT2D eigenvalue weighted by molar-refractivity contribution is -0.0916. The molecule has 2 fully saturated rings. The van der Waals surface area contributed by atoms with Gasteiger partial charge in [-0.25, -0.2) is 0 Å². The van der Waals surface area contributed by atoms with E-state index in [9.17, 15) is 5.11 Å². The molecule has 2 aliphatic rings. The Hall–Kier alpha value is -1.36. The lowest BCUT2D eigenvalue weighted by atomic mass is 9.79. The van der Waals surface area contributed by atoms with Gasteiger partial charge >= 0.3 is 0 Å². The van der Waals surface area contributed by atoms with Gasteiger partial charge in [-0.1, -0.05) is 24.6 Å². The number of hydrogen-bond donors (Lipinski definition) is 3. The van der Waals surface area contributed by atoms with E-state index in [1.165, 1.54) is 42.4 Å². The Morgan fingerprint density at radius 2 is 2.08 bits per heavy atom. The molecule has 0 saturated carbocycles. The third-order valence-electron chi connectivity index (χ3n) is 5.97.